The average molecular weight is 427 g/mol. The molecule has 4 aromatic rings. The number of hydrogen-bond acceptors (Lipinski definition) is 4. The number of benzene rings is 3. The number of fused-ring (bicyclic) bond motifs is 1. The summed E-state index contributed by atoms with van der Waals surface area (Å²) < 4.78 is 1.74. The van der Waals surface area contributed by atoms with Gasteiger partial charge >= 0.3 is 5.97 Å². The Morgan fingerprint density at radius 2 is 1.62 bits per heavy atom. The third kappa shape index (κ3) is 3.83. The second kappa shape index (κ2) is 8.39. The van der Waals surface area contributed by atoms with Gasteiger partial charge in [0, 0.05) is 16.6 Å². The molecule has 32 heavy (non-hydrogen) atoms. The van der Waals surface area contributed by atoms with E-state index in [9.17, 15) is 14.7 Å². The van der Waals surface area contributed by atoms with E-state index < -0.39 is 11.9 Å². The molecule has 1 heterocycles. The Hall–Kier alpha value is -4.39. The van der Waals surface area contributed by atoms with Gasteiger partial charge in [-0.2, -0.15) is 5.10 Å². The summed E-state index contributed by atoms with van der Waals surface area (Å²) in [6.45, 7) is 3.68. The number of aromatic hydroxyl groups is 1. The second-order valence-electron chi connectivity index (χ2n) is 7.41. The zero-order chi connectivity index (χ0) is 22.8. The number of carboxylic acids is 1. The summed E-state index contributed by atoms with van der Waals surface area (Å²) in [5, 5.41) is 25.2. The maximum Gasteiger partial charge on any atom is 0.335 e. The normalized spacial score (nSPS) is 11.5. The van der Waals surface area contributed by atoms with Crippen LogP contribution in [0.5, 0.6) is 5.88 Å². The van der Waals surface area contributed by atoms with Crippen LogP contribution < -0.4 is 5.43 Å². The van der Waals surface area contributed by atoms with Gasteiger partial charge in [0.25, 0.3) is 5.91 Å². The summed E-state index contributed by atoms with van der Waals surface area (Å²) in [5.41, 5.74) is 6.26. The van der Waals surface area contributed by atoms with Gasteiger partial charge in [0.2, 0.25) is 5.88 Å². The maximum atomic E-state index is 12.5. The highest BCUT2D eigenvalue weighted by Crippen LogP contribution is 2.34. The van der Waals surface area contributed by atoms with Crippen molar-refractivity contribution in [3.05, 3.63) is 95.1 Å². The number of aryl methyl sites for hydroxylation is 1. The minimum Gasteiger partial charge on any atom is -0.494 e. The van der Waals surface area contributed by atoms with E-state index >= 15 is 0 Å². The molecule has 0 unspecified atom stereocenters. The molecule has 160 valence electrons. The molecule has 0 saturated heterocycles. The van der Waals surface area contributed by atoms with E-state index in [2.05, 4.69) is 10.5 Å². The molecule has 0 aliphatic rings. The van der Waals surface area contributed by atoms with Crippen LogP contribution in [0.15, 0.2) is 77.9 Å². The Morgan fingerprint density at radius 3 is 2.34 bits per heavy atom. The van der Waals surface area contributed by atoms with Gasteiger partial charge in [-0.1, -0.05) is 42.0 Å². The third-order valence-corrected chi connectivity index (χ3v) is 5.20. The lowest BCUT2D eigenvalue weighted by molar-refractivity contribution is 0.0697. The quantitative estimate of drug-likeness (QED) is 0.322. The number of carbonyl (C=O) groups is 2. The summed E-state index contributed by atoms with van der Waals surface area (Å²) in [7, 11) is 0. The Labute approximate surface area is 184 Å². The fraction of sp³-hybridized carbons (Fsp3) is 0.0800. The lowest BCUT2D eigenvalue weighted by Crippen LogP contribution is -2.19. The number of carboxylic acid groups (broad SMARTS) is 1. The van der Waals surface area contributed by atoms with Gasteiger partial charge in [-0.25, -0.2) is 10.2 Å². The summed E-state index contributed by atoms with van der Waals surface area (Å²) in [4.78, 5) is 23.6. The van der Waals surface area contributed by atoms with Crippen molar-refractivity contribution < 1.29 is 19.8 Å². The number of aromatic nitrogens is 1. The first kappa shape index (κ1) is 20.9. The molecule has 7 heteroatoms. The third-order valence-electron chi connectivity index (χ3n) is 5.20. The highest BCUT2D eigenvalue weighted by molar-refractivity contribution is 6.13. The average Bonchev–Trinajstić information content (AvgIpc) is 3.09. The van der Waals surface area contributed by atoms with Gasteiger partial charge in [-0.15, -0.1) is 0 Å². The van der Waals surface area contributed by atoms with Gasteiger partial charge in [-0.3, -0.25) is 9.36 Å². The van der Waals surface area contributed by atoms with Crippen molar-refractivity contribution in [3.8, 4) is 11.6 Å². The van der Waals surface area contributed by atoms with Crippen LogP contribution in [0.3, 0.4) is 0 Å². The monoisotopic (exact) mass is 427 g/mol. The van der Waals surface area contributed by atoms with Crippen LogP contribution in [0.1, 0.15) is 38.8 Å². The molecule has 1 aromatic heterocycles. The van der Waals surface area contributed by atoms with Gasteiger partial charge in [0.15, 0.2) is 0 Å². The summed E-state index contributed by atoms with van der Waals surface area (Å²) in [6, 6.07) is 21.0. The van der Waals surface area contributed by atoms with Crippen molar-refractivity contribution >= 4 is 28.5 Å². The predicted octanol–water partition coefficient (Wildman–Crippen LogP) is 4.50. The number of hydrogen-bond donors (Lipinski definition) is 3. The number of hydrazone groups is 1. The van der Waals surface area contributed by atoms with Crippen LogP contribution in [-0.4, -0.2) is 32.4 Å². The van der Waals surface area contributed by atoms with E-state index in [1.54, 1.807) is 11.5 Å². The fourth-order valence-corrected chi connectivity index (χ4v) is 3.59. The zero-order valence-corrected chi connectivity index (χ0v) is 17.5. The van der Waals surface area contributed by atoms with Crippen LogP contribution >= 0.6 is 0 Å². The van der Waals surface area contributed by atoms with Gasteiger partial charge < -0.3 is 10.2 Å². The van der Waals surface area contributed by atoms with Crippen molar-refractivity contribution in [2.24, 2.45) is 5.10 Å². The first-order valence-electron chi connectivity index (χ1n) is 9.94. The summed E-state index contributed by atoms with van der Waals surface area (Å²) in [6.07, 6.45) is 0. The largest absolute Gasteiger partial charge is 0.494 e. The summed E-state index contributed by atoms with van der Waals surface area (Å²) in [5.74, 6) is -1.65. The van der Waals surface area contributed by atoms with Crippen LogP contribution in [0.4, 0.5) is 0 Å². The number of amides is 1. The molecule has 0 aliphatic carbocycles. The second-order valence-corrected chi connectivity index (χ2v) is 7.41. The van der Waals surface area contributed by atoms with Crippen LogP contribution in [0.2, 0.25) is 0 Å². The zero-order valence-electron chi connectivity index (χ0n) is 17.5. The molecular formula is C25H21N3O4. The van der Waals surface area contributed by atoms with E-state index in [0.29, 0.717) is 11.3 Å². The Bertz CT molecular complexity index is 1370. The lowest BCUT2D eigenvalue weighted by Gasteiger charge is -2.08. The molecule has 0 aliphatic heterocycles. The van der Waals surface area contributed by atoms with Crippen LogP contribution in [0.25, 0.3) is 16.6 Å². The number of carbonyl (C=O) groups excluding carboxylic acids is 1. The number of para-hydroxylation sites is 1. The highest BCUT2D eigenvalue weighted by atomic mass is 16.4. The maximum absolute atomic E-state index is 12.5. The van der Waals surface area contributed by atoms with Crippen molar-refractivity contribution in [1.29, 1.82) is 0 Å². The predicted molar refractivity (Wildman–Crippen MR) is 123 cm³/mol. The number of nitrogens with zero attached hydrogens (tertiary/aromatic N) is 2. The Kier molecular flexibility index (Phi) is 5.47. The molecule has 4 rings (SSSR count). The highest BCUT2D eigenvalue weighted by Gasteiger charge is 2.20. The molecule has 0 spiro atoms. The number of nitrogens with one attached hydrogen (secondary N) is 1. The molecule has 1 amide bonds. The Morgan fingerprint density at radius 1 is 0.938 bits per heavy atom. The van der Waals surface area contributed by atoms with E-state index in [4.69, 9.17) is 5.11 Å². The van der Waals surface area contributed by atoms with Crippen LogP contribution in [-0.2, 0) is 0 Å². The minimum absolute atomic E-state index is 0.0113. The van der Waals surface area contributed by atoms with Gasteiger partial charge in [0.05, 0.1) is 22.4 Å². The van der Waals surface area contributed by atoms with Crippen molar-refractivity contribution in [1.82, 2.24) is 9.99 Å². The molecule has 0 saturated carbocycles. The van der Waals surface area contributed by atoms with E-state index in [1.807, 2.05) is 55.5 Å². The molecule has 7 nitrogen and oxygen atoms in total. The van der Waals surface area contributed by atoms with E-state index in [1.165, 1.54) is 24.3 Å². The molecule has 0 bridgehead atoms. The number of rotatable bonds is 5. The van der Waals surface area contributed by atoms with Gasteiger partial charge in [0.1, 0.15) is 0 Å². The molecular weight excluding hydrogens is 406 g/mol. The minimum atomic E-state index is -1.12. The summed E-state index contributed by atoms with van der Waals surface area (Å²) >= 11 is 0. The standard InChI is InChI=1S/C25H21N3O4/c1-15-10-12-19(13-11-15)28-21-9-4-3-8-20(21)22(24(28)30)16(2)26-27-23(29)17-6-5-7-18(14-17)25(31)32/h3-14,30H,1-2H3,(H,27,29)(H,31,32)/b26-16+. The smallest absolute Gasteiger partial charge is 0.335 e. The van der Waals surface area contributed by atoms with E-state index in [-0.39, 0.29) is 17.0 Å². The van der Waals surface area contributed by atoms with Crippen molar-refractivity contribution in [2.75, 3.05) is 0 Å². The molecule has 0 radical (unpaired) electrons. The molecule has 0 fully saturated rings. The first-order valence-corrected chi connectivity index (χ1v) is 9.94. The fourth-order valence-electron chi connectivity index (χ4n) is 3.59. The van der Waals surface area contributed by atoms with Crippen LogP contribution in [0, 0.1) is 6.92 Å². The van der Waals surface area contributed by atoms with E-state index in [0.717, 1.165) is 22.2 Å². The van der Waals surface area contributed by atoms with Crippen molar-refractivity contribution in [3.63, 3.8) is 0 Å². The van der Waals surface area contributed by atoms with Gasteiger partial charge in [-0.05, 0) is 50.2 Å². The SMILES string of the molecule is C/C(=N\NC(=O)c1cccc(C(=O)O)c1)c1c(O)n(-c2ccc(C)cc2)c2ccccc12. The lowest BCUT2D eigenvalue weighted by atomic mass is 10.1. The molecule has 3 aromatic carbocycles. The molecule has 3 N–H and O–H groups in total. The first-order chi connectivity index (χ1) is 15.4. The Balaban J connectivity index is 1.72. The number of aromatic carboxylic acids is 1. The van der Waals surface area contributed by atoms with Crippen molar-refractivity contribution in [2.45, 2.75) is 13.8 Å². The molecule has 0 atom stereocenters. The topological polar surface area (TPSA) is 104 Å².